The third-order valence-corrected chi connectivity index (χ3v) is 5.29. The summed E-state index contributed by atoms with van der Waals surface area (Å²) in [5.74, 6) is 0.123. The molecular weight excluding hydrogens is 336 g/mol. The summed E-state index contributed by atoms with van der Waals surface area (Å²) in [4.78, 5) is 28.9. The molecule has 1 fully saturated rings. The summed E-state index contributed by atoms with van der Waals surface area (Å²) < 4.78 is 0. The normalized spacial score (nSPS) is 14.1. The van der Waals surface area contributed by atoms with Crippen molar-refractivity contribution in [1.82, 2.24) is 4.90 Å². The number of amides is 2. The van der Waals surface area contributed by atoms with Gasteiger partial charge in [-0.1, -0.05) is 61.4 Å². The Labute approximate surface area is 161 Å². The lowest BCUT2D eigenvalue weighted by Gasteiger charge is -2.29. The van der Waals surface area contributed by atoms with E-state index in [0.29, 0.717) is 25.6 Å². The predicted octanol–water partition coefficient (Wildman–Crippen LogP) is 4.40. The van der Waals surface area contributed by atoms with Crippen molar-refractivity contribution in [2.24, 2.45) is 0 Å². The maximum atomic E-state index is 13.1. The topological polar surface area (TPSA) is 40.6 Å². The molecule has 27 heavy (non-hydrogen) atoms. The number of nitrogens with zero attached hydrogens (tertiary/aromatic N) is 2. The van der Waals surface area contributed by atoms with Gasteiger partial charge in [-0.05, 0) is 30.5 Å². The van der Waals surface area contributed by atoms with E-state index in [1.54, 1.807) is 6.92 Å². The van der Waals surface area contributed by atoms with Gasteiger partial charge >= 0.3 is 0 Å². The van der Waals surface area contributed by atoms with Gasteiger partial charge in [0.25, 0.3) is 0 Å². The average molecular weight is 364 g/mol. The first kappa shape index (κ1) is 19.2. The lowest BCUT2D eigenvalue weighted by Crippen LogP contribution is -2.40. The van der Waals surface area contributed by atoms with Crippen LogP contribution in [0.5, 0.6) is 0 Å². The quantitative estimate of drug-likeness (QED) is 0.730. The van der Waals surface area contributed by atoms with Crippen LogP contribution >= 0.6 is 0 Å². The Morgan fingerprint density at radius 1 is 0.926 bits per heavy atom. The van der Waals surface area contributed by atoms with Crippen LogP contribution in [0, 0.1) is 0 Å². The molecule has 0 unspecified atom stereocenters. The van der Waals surface area contributed by atoms with Crippen LogP contribution in [0.15, 0.2) is 60.7 Å². The van der Waals surface area contributed by atoms with E-state index in [1.165, 1.54) is 12.8 Å². The zero-order valence-electron chi connectivity index (χ0n) is 16.0. The van der Waals surface area contributed by atoms with E-state index in [-0.39, 0.29) is 11.8 Å². The second-order valence-electron chi connectivity index (χ2n) is 7.20. The molecule has 0 N–H and O–H groups in total. The minimum absolute atomic E-state index is 0.0503. The first-order valence-electron chi connectivity index (χ1n) is 9.81. The molecule has 1 aliphatic carbocycles. The summed E-state index contributed by atoms with van der Waals surface area (Å²) in [5.41, 5.74) is 1.98. The van der Waals surface area contributed by atoms with Gasteiger partial charge in [0.1, 0.15) is 0 Å². The highest BCUT2D eigenvalue weighted by Gasteiger charge is 2.26. The SMILES string of the molecule is CC(=O)N(CCC(=O)N(Cc1ccccc1)c1ccccc1)C1CCCC1. The van der Waals surface area contributed by atoms with Gasteiger partial charge in [-0.25, -0.2) is 0 Å². The van der Waals surface area contributed by atoms with E-state index in [2.05, 4.69) is 0 Å². The Hall–Kier alpha value is -2.62. The lowest BCUT2D eigenvalue weighted by molar-refractivity contribution is -0.131. The number of carbonyl (C=O) groups is 2. The molecule has 4 heteroatoms. The molecule has 0 radical (unpaired) electrons. The van der Waals surface area contributed by atoms with Crippen LogP contribution < -0.4 is 4.90 Å². The number of anilines is 1. The molecule has 0 saturated heterocycles. The molecule has 2 aromatic rings. The third kappa shape index (κ3) is 5.19. The molecule has 0 spiro atoms. The number of hydrogen-bond acceptors (Lipinski definition) is 2. The van der Waals surface area contributed by atoms with Crippen molar-refractivity contribution in [2.45, 2.75) is 51.6 Å². The molecule has 1 saturated carbocycles. The maximum absolute atomic E-state index is 13.1. The molecule has 0 aromatic heterocycles. The van der Waals surface area contributed by atoms with E-state index in [4.69, 9.17) is 0 Å². The monoisotopic (exact) mass is 364 g/mol. The molecule has 0 aliphatic heterocycles. The van der Waals surface area contributed by atoms with E-state index in [9.17, 15) is 9.59 Å². The Balaban J connectivity index is 1.71. The van der Waals surface area contributed by atoms with Crippen LogP contribution in [0.3, 0.4) is 0 Å². The van der Waals surface area contributed by atoms with Gasteiger partial charge in [-0.2, -0.15) is 0 Å². The fourth-order valence-electron chi connectivity index (χ4n) is 3.86. The second kappa shape index (κ2) is 9.36. The minimum Gasteiger partial charge on any atom is -0.339 e. The van der Waals surface area contributed by atoms with Gasteiger partial charge < -0.3 is 9.80 Å². The van der Waals surface area contributed by atoms with Gasteiger partial charge in [-0.15, -0.1) is 0 Å². The van der Waals surface area contributed by atoms with Crippen LogP contribution in [-0.2, 0) is 16.1 Å². The summed E-state index contributed by atoms with van der Waals surface area (Å²) in [6, 6.07) is 20.1. The zero-order valence-corrected chi connectivity index (χ0v) is 16.0. The van der Waals surface area contributed by atoms with Crippen LogP contribution in [0.4, 0.5) is 5.69 Å². The van der Waals surface area contributed by atoms with Crippen molar-refractivity contribution < 1.29 is 9.59 Å². The van der Waals surface area contributed by atoms with Crippen LogP contribution in [0.1, 0.15) is 44.6 Å². The molecule has 142 valence electrons. The van der Waals surface area contributed by atoms with Crippen molar-refractivity contribution in [2.75, 3.05) is 11.4 Å². The third-order valence-electron chi connectivity index (χ3n) is 5.29. The molecule has 1 aliphatic rings. The standard InChI is InChI=1S/C23H28N2O2/c1-19(26)24(21-14-8-9-15-21)17-16-23(27)25(22-12-6-3-7-13-22)18-20-10-4-2-5-11-20/h2-7,10-13,21H,8-9,14-18H2,1H3. The zero-order chi connectivity index (χ0) is 19.1. The van der Waals surface area contributed by atoms with Gasteiger partial charge in [0.15, 0.2) is 0 Å². The largest absolute Gasteiger partial charge is 0.339 e. The molecule has 0 heterocycles. The van der Waals surface area contributed by atoms with Gasteiger partial charge in [-0.3, -0.25) is 9.59 Å². The molecule has 0 atom stereocenters. The first-order valence-corrected chi connectivity index (χ1v) is 9.81. The molecule has 2 aromatic carbocycles. The molecule has 0 bridgehead atoms. The van der Waals surface area contributed by atoms with Crippen molar-refractivity contribution in [3.05, 3.63) is 66.2 Å². The smallest absolute Gasteiger partial charge is 0.229 e. The van der Waals surface area contributed by atoms with Crippen molar-refractivity contribution in [1.29, 1.82) is 0 Å². The number of rotatable bonds is 7. The fraction of sp³-hybridized carbons (Fsp3) is 0.391. The van der Waals surface area contributed by atoms with Gasteiger partial charge in [0.2, 0.25) is 11.8 Å². The molecule has 4 nitrogen and oxygen atoms in total. The Bertz CT molecular complexity index is 739. The highest BCUT2D eigenvalue weighted by molar-refractivity contribution is 5.93. The summed E-state index contributed by atoms with van der Waals surface area (Å²) >= 11 is 0. The number of carbonyl (C=O) groups excluding carboxylic acids is 2. The van der Waals surface area contributed by atoms with Crippen molar-refractivity contribution in [3.8, 4) is 0 Å². The average Bonchev–Trinajstić information content (AvgIpc) is 3.22. The second-order valence-corrected chi connectivity index (χ2v) is 7.20. The lowest BCUT2D eigenvalue weighted by atomic mass is 10.1. The van der Waals surface area contributed by atoms with Crippen LogP contribution in [0.2, 0.25) is 0 Å². The van der Waals surface area contributed by atoms with E-state index in [0.717, 1.165) is 24.1 Å². The van der Waals surface area contributed by atoms with Crippen LogP contribution in [-0.4, -0.2) is 29.3 Å². The summed E-state index contributed by atoms with van der Waals surface area (Å²) in [6.07, 6.45) is 4.80. The van der Waals surface area contributed by atoms with Crippen LogP contribution in [0.25, 0.3) is 0 Å². The summed E-state index contributed by atoms with van der Waals surface area (Å²) in [5, 5.41) is 0. The Kier molecular flexibility index (Phi) is 6.64. The molecule has 2 amide bonds. The first-order chi connectivity index (χ1) is 13.1. The predicted molar refractivity (Wildman–Crippen MR) is 108 cm³/mol. The summed E-state index contributed by atoms with van der Waals surface area (Å²) in [7, 11) is 0. The molecular formula is C23H28N2O2. The number of hydrogen-bond donors (Lipinski definition) is 0. The minimum atomic E-state index is 0.0503. The highest BCUT2D eigenvalue weighted by Crippen LogP contribution is 2.24. The van der Waals surface area contributed by atoms with Crippen molar-refractivity contribution in [3.63, 3.8) is 0 Å². The number of benzene rings is 2. The van der Waals surface area contributed by atoms with Crippen molar-refractivity contribution >= 4 is 17.5 Å². The number of para-hydroxylation sites is 1. The van der Waals surface area contributed by atoms with E-state index in [1.807, 2.05) is 70.5 Å². The highest BCUT2D eigenvalue weighted by atomic mass is 16.2. The Morgan fingerprint density at radius 3 is 2.11 bits per heavy atom. The molecule has 3 rings (SSSR count). The fourth-order valence-corrected chi connectivity index (χ4v) is 3.86. The van der Waals surface area contributed by atoms with Gasteiger partial charge in [0.05, 0.1) is 6.54 Å². The van der Waals surface area contributed by atoms with E-state index < -0.39 is 0 Å². The summed E-state index contributed by atoms with van der Waals surface area (Å²) in [6.45, 7) is 2.64. The van der Waals surface area contributed by atoms with Gasteiger partial charge in [0, 0.05) is 31.6 Å². The Morgan fingerprint density at radius 2 is 1.52 bits per heavy atom. The maximum Gasteiger partial charge on any atom is 0.229 e. The van der Waals surface area contributed by atoms with E-state index >= 15 is 0 Å².